The van der Waals surface area contributed by atoms with Crippen molar-refractivity contribution in [2.24, 2.45) is 0 Å². The van der Waals surface area contributed by atoms with E-state index in [9.17, 15) is 14.0 Å². The maximum Gasteiger partial charge on any atom is 0.260 e. The summed E-state index contributed by atoms with van der Waals surface area (Å²) in [4.78, 5) is 25.2. The number of carbonyl (C=O) groups is 2. The molecule has 27 heavy (non-hydrogen) atoms. The van der Waals surface area contributed by atoms with Crippen LogP contribution in [0.15, 0.2) is 36.4 Å². The maximum atomic E-state index is 13.3. The molecule has 0 heterocycles. The summed E-state index contributed by atoms with van der Waals surface area (Å²) in [6.45, 7) is 5.81. The van der Waals surface area contributed by atoms with Crippen molar-refractivity contribution in [2.45, 2.75) is 20.8 Å². The average molecular weight is 373 g/mol. The number of carbonyl (C=O) groups excluding carboxylic acids is 2. The van der Waals surface area contributed by atoms with Crippen LogP contribution >= 0.6 is 0 Å². The van der Waals surface area contributed by atoms with Crippen LogP contribution in [0.2, 0.25) is 0 Å². The van der Waals surface area contributed by atoms with E-state index in [0.717, 1.165) is 22.9 Å². The lowest BCUT2D eigenvalue weighted by Gasteiger charge is -2.18. The van der Waals surface area contributed by atoms with Crippen molar-refractivity contribution >= 4 is 11.7 Å². The number of hydrogen-bond donors (Lipinski definition) is 0. The van der Waals surface area contributed by atoms with Gasteiger partial charge in [0.1, 0.15) is 23.9 Å². The summed E-state index contributed by atoms with van der Waals surface area (Å²) < 4.78 is 24.4. The molecule has 2 rings (SSSR count). The minimum Gasteiger partial charge on any atom is -0.492 e. The molecule has 0 unspecified atom stereocenters. The summed E-state index contributed by atoms with van der Waals surface area (Å²) in [6, 6.07) is 9.58. The number of ether oxygens (including phenoxy) is 2. The Morgan fingerprint density at radius 3 is 2.33 bits per heavy atom. The molecule has 0 radical (unpaired) electrons. The summed E-state index contributed by atoms with van der Waals surface area (Å²) in [5, 5.41) is 0. The second kappa shape index (κ2) is 9.16. The van der Waals surface area contributed by atoms with Crippen molar-refractivity contribution in [3.63, 3.8) is 0 Å². The molecule has 0 spiro atoms. The van der Waals surface area contributed by atoms with Crippen LogP contribution < -0.4 is 9.47 Å². The first kappa shape index (κ1) is 20.4. The van der Waals surface area contributed by atoms with Gasteiger partial charge in [-0.1, -0.05) is 6.07 Å². The Kier molecular flexibility index (Phi) is 6.93. The average Bonchev–Trinajstić information content (AvgIpc) is 2.59. The third-order valence-electron chi connectivity index (χ3n) is 3.99. The first-order chi connectivity index (χ1) is 12.8. The third-order valence-corrected chi connectivity index (χ3v) is 3.99. The van der Waals surface area contributed by atoms with E-state index < -0.39 is 5.82 Å². The standard InChI is InChI=1S/C21H24FNO4/c1-14-9-15(2)11-18(10-14)26-8-7-23(4)21(25)13-27-20-6-5-17(22)12-19(20)16(3)24/h5-6,9-12H,7-8,13H2,1-4H3. The van der Waals surface area contributed by atoms with Crippen LogP contribution in [-0.4, -0.2) is 43.4 Å². The minimum atomic E-state index is -0.528. The molecule has 0 bridgehead atoms. The Bertz CT molecular complexity index is 815. The van der Waals surface area contributed by atoms with Gasteiger partial charge in [0, 0.05) is 7.05 Å². The zero-order chi connectivity index (χ0) is 20.0. The smallest absolute Gasteiger partial charge is 0.260 e. The van der Waals surface area contributed by atoms with E-state index in [1.165, 1.54) is 24.0 Å². The summed E-state index contributed by atoms with van der Waals surface area (Å²) in [6.07, 6.45) is 0. The van der Waals surface area contributed by atoms with Crippen LogP contribution in [0.1, 0.15) is 28.4 Å². The SMILES string of the molecule is CC(=O)c1cc(F)ccc1OCC(=O)N(C)CCOc1cc(C)cc(C)c1. The Balaban J connectivity index is 1.84. The fourth-order valence-electron chi connectivity index (χ4n) is 2.59. The molecule has 5 nitrogen and oxygen atoms in total. The van der Waals surface area contributed by atoms with Gasteiger partial charge in [-0.25, -0.2) is 4.39 Å². The van der Waals surface area contributed by atoms with Crippen LogP contribution in [0.5, 0.6) is 11.5 Å². The van der Waals surface area contributed by atoms with E-state index in [4.69, 9.17) is 9.47 Å². The van der Waals surface area contributed by atoms with Gasteiger partial charge in [-0.2, -0.15) is 0 Å². The van der Waals surface area contributed by atoms with Gasteiger partial charge in [0.25, 0.3) is 5.91 Å². The Labute approximate surface area is 158 Å². The Hall–Kier alpha value is -2.89. The first-order valence-corrected chi connectivity index (χ1v) is 8.64. The summed E-state index contributed by atoms with van der Waals surface area (Å²) >= 11 is 0. The predicted octanol–water partition coefficient (Wildman–Crippen LogP) is 3.56. The number of hydrogen-bond acceptors (Lipinski definition) is 4. The van der Waals surface area contributed by atoms with Gasteiger partial charge in [-0.3, -0.25) is 9.59 Å². The van der Waals surface area contributed by atoms with Crippen molar-refractivity contribution in [1.29, 1.82) is 0 Å². The highest BCUT2D eigenvalue weighted by molar-refractivity contribution is 5.96. The number of ketones is 1. The number of benzene rings is 2. The molecule has 0 aliphatic heterocycles. The van der Waals surface area contributed by atoms with Crippen molar-refractivity contribution in [3.8, 4) is 11.5 Å². The van der Waals surface area contributed by atoms with Gasteiger partial charge in [-0.15, -0.1) is 0 Å². The molecule has 0 aromatic heterocycles. The van der Waals surface area contributed by atoms with E-state index in [2.05, 4.69) is 6.07 Å². The molecule has 0 saturated carbocycles. The molecule has 0 aliphatic rings. The molecule has 0 atom stereocenters. The number of amides is 1. The topological polar surface area (TPSA) is 55.8 Å². The minimum absolute atomic E-state index is 0.114. The molecule has 0 N–H and O–H groups in total. The van der Waals surface area contributed by atoms with Gasteiger partial charge >= 0.3 is 0 Å². The second-order valence-corrected chi connectivity index (χ2v) is 6.47. The lowest BCUT2D eigenvalue weighted by atomic mass is 10.1. The molecule has 0 aliphatic carbocycles. The molecular formula is C21H24FNO4. The summed E-state index contributed by atoms with van der Waals surface area (Å²) in [7, 11) is 1.65. The van der Waals surface area contributed by atoms with Crippen LogP contribution in [0.25, 0.3) is 0 Å². The van der Waals surface area contributed by atoms with Crippen molar-refractivity contribution in [1.82, 2.24) is 4.90 Å². The van der Waals surface area contributed by atoms with E-state index in [1.807, 2.05) is 26.0 Å². The van der Waals surface area contributed by atoms with Gasteiger partial charge in [0.2, 0.25) is 0 Å². The molecule has 2 aromatic rings. The van der Waals surface area contributed by atoms with E-state index >= 15 is 0 Å². The maximum absolute atomic E-state index is 13.3. The fraction of sp³-hybridized carbons (Fsp3) is 0.333. The summed E-state index contributed by atoms with van der Waals surface area (Å²) in [5.74, 6) is -0.163. The van der Waals surface area contributed by atoms with Crippen molar-refractivity contribution in [2.75, 3.05) is 26.8 Å². The van der Waals surface area contributed by atoms with E-state index in [0.29, 0.717) is 13.2 Å². The van der Waals surface area contributed by atoms with E-state index in [1.54, 1.807) is 7.05 Å². The largest absolute Gasteiger partial charge is 0.492 e. The third kappa shape index (κ3) is 6.09. The summed E-state index contributed by atoms with van der Waals surface area (Å²) in [5.41, 5.74) is 2.34. The van der Waals surface area contributed by atoms with Crippen molar-refractivity contribution < 1.29 is 23.5 Å². The molecular weight excluding hydrogens is 349 g/mol. The zero-order valence-electron chi connectivity index (χ0n) is 16.0. The fourth-order valence-corrected chi connectivity index (χ4v) is 2.59. The number of aryl methyl sites for hydroxylation is 2. The van der Waals surface area contributed by atoms with Crippen LogP contribution in [0.4, 0.5) is 4.39 Å². The number of rotatable bonds is 8. The molecule has 6 heteroatoms. The second-order valence-electron chi connectivity index (χ2n) is 6.47. The number of halogens is 1. The molecule has 0 saturated heterocycles. The Morgan fingerprint density at radius 1 is 1.04 bits per heavy atom. The quantitative estimate of drug-likeness (QED) is 0.664. The molecule has 0 fully saturated rings. The van der Waals surface area contributed by atoms with Crippen LogP contribution in [0, 0.1) is 19.7 Å². The molecule has 1 amide bonds. The van der Waals surface area contributed by atoms with Gasteiger partial charge in [0.15, 0.2) is 12.4 Å². The molecule has 144 valence electrons. The highest BCUT2D eigenvalue weighted by Crippen LogP contribution is 2.20. The van der Waals surface area contributed by atoms with Crippen LogP contribution in [-0.2, 0) is 4.79 Å². The highest BCUT2D eigenvalue weighted by Gasteiger charge is 2.14. The normalized spacial score (nSPS) is 10.4. The number of nitrogens with zero attached hydrogens (tertiary/aromatic N) is 1. The highest BCUT2D eigenvalue weighted by atomic mass is 19.1. The van der Waals surface area contributed by atoms with Gasteiger partial charge in [-0.05, 0) is 62.2 Å². The molecule has 2 aromatic carbocycles. The zero-order valence-corrected chi connectivity index (χ0v) is 16.0. The lowest BCUT2D eigenvalue weighted by Crippen LogP contribution is -2.34. The number of Topliss-reactive ketones (excluding diaryl/α,β-unsaturated/α-hetero) is 1. The predicted molar refractivity (Wildman–Crippen MR) is 101 cm³/mol. The van der Waals surface area contributed by atoms with E-state index in [-0.39, 0.29) is 29.6 Å². The monoisotopic (exact) mass is 373 g/mol. The van der Waals surface area contributed by atoms with Crippen molar-refractivity contribution in [3.05, 3.63) is 58.9 Å². The number of likely N-dealkylation sites (N-methyl/N-ethyl adjacent to an activating group) is 1. The first-order valence-electron chi connectivity index (χ1n) is 8.64. The lowest BCUT2D eigenvalue weighted by molar-refractivity contribution is -0.132. The van der Waals surface area contributed by atoms with Gasteiger partial charge in [0.05, 0.1) is 12.1 Å². The van der Waals surface area contributed by atoms with Gasteiger partial charge < -0.3 is 14.4 Å². The Morgan fingerprint density at radius 2 is 1.70 bits per heavy atom. The van der Waals surface area contributed by atoms with Crippen LogP contribution in [0.3, 0.4) is 0 Å².